The lowest BCUT2D eigenvalue weighted by molar-refractivity contribution is 0.108. The predicted molar refractivity (Wildman–Crippen MR) is 58.5 cm³/mol. The number of benzene rings is 1. The largest absolute Gasteiger partial charge is 0.276 e. The van der Waals surface area contributed by atoms with Gasteiger partial charge in [-0.15, -0.1) is 0 Å². The van der Waals surface area contributed by atoms with Gasteiger partial charge in [-0.2, -0.15) is 0 Å². The third kappa shape index (κ3) is 1.78. The van der Waals surface area contributed by atoms with Crippen molar-refractivity contribution < 1.29 is 4.79 Å². The minimum Gasteiger partial charge on any atom is -0.276 e. The van der Waals surface area contributed by atoms with Gasteiger partial charge in [-0.1, -0.05) is 30.4 Å². The average Bonchev–Trinajstić information content (AvgIpc) is 2.41. The summed E-state index contributed by atoms with van der Waals surface area (Å²) in [5.74, 6) is 0. The fourth-order valence-corrected chi connectivity index (χ4v) is 1.62. The molecular weight excluding hydrogens is 196 g/mol. The first-order valence-corrected chi connectivity index (χ1v) is 4.81. The molecule has 0 fully saturated rings. The number of rotatable bonds is 1. The number of hydrogen-bond donors (Lipinski definition) is 0. The van der Waals surface area contributed by atoms with Crippen molar-refractivity contribution >= 4 is 22.9 Å². The third-order valence-corrected chi connectivity index (χ3v) is 2.45. The van der Waals surface area contributed by atoms with Crippen molar-refractivity contribution in [3.05, 3.63) is 53.1 Å². The molecule has 0 amide bonds. The lowest BCUT2D eigenvalue weighted by atomic mass is 10.0. The van der Waals surface area contributed by atoms with E-state index in [2.05, 4.69) is 6.08 Å². The van der Waals surface area contributed by atoms with Gasteiger partial charge in [-0.05, 0) is 41.3 Å². The molecule has 0 N–H and O–H groups in total. The Hall–Kier alpha value is -1.34. The summed E-state index contributed by atoms with van der Waals surface area (Å²) in [5.41, 5.74) is 2.85. The lowest BCUT2D eigenvalue weighted by Gasteiger charge is -2.03. The van der Waals surface area contributed by atoms with E-state index in [0.29, 0.717) is 5.56 Å². The Kier molecular flexibility index (Phi) is 2.51. The number of carbonyl (C=O) groups excluding carboxylic acids is 1. The Balaban J connectivity index is 2.49. The van der Waals surface area contributed by atoms with Crippen LogP contribution in [0.5, 0.6) is 0 Å². The first kappa shape index (κ1) is 9.22. The number of allylic oxidation sites excluding steroid dienone is 3. The normalized spacial score (nSPS) is 13.5. The second-order valence-electron chi connectivity index (χ2n) is 3.18. The van der Waals surface area contributed by atoms with Crippen LogP contribution in [0.2, 0.25) is 0 Å². The summed E-state index contributed by atoms with van der Waals surface area (Å²) in [6, 6.07) is 5.53. The summed E-state index contributed by atoms with van der Waals surface area (Å²) in [7, 11) is 0. The number of halogens is 1. The first-order chi connectivity index (χ1) is 6.77. The smallest absolute Gasteiger partial charge is 0.252 e. The standard InChI is InChI=1S/C12H9ClO/c13-12(14)11-7-6-9-4-2-1-3-5-10(9)8-11/h1-4,6-8H,5H2. The van der Waals surface area contributed by atoms with Crippen LogP contribution in [0.1, 0.15) is 21.5 Å². The van der Waals surface area contributed by atoms with Crippen molar-refractivity contribution in [3.63, 3.8) is 0 Å². The highest BCUT2D eigenvalue weighted by Gasteiger charge is 2.06. The molecule has 14 heavy (non-hydrogen) atoms. The first-order valence-electron chi connectivity index (χ1n) is 4.43. The monoisotopic (exact) mass is 204 g/mol. The van der Waals surface area contributed by atoms with Crippen LogP contribution in [0.25, 0.3) is 6.08 Å². The van der Waals surface area contributed by atoms with Crippen LogP contribution in [-0.2, 0) is 6.42 Å². The molecular formula is C12H9ClO. The van der Waals surface area contributed by atoms with Crippen LogP contribution in [0.4, 0.5) is 0 Å². The molecule has 1 nitrogen and oxygen atoms in total. The van der Waals surface area contributed by atoms with Gasteiger partial charge in [-0.3, -0.25) is 4.79 Å². The predicted octanol–water partition coefficient (Wildman–Crippen LogP) is 3.19. The maximum atomic E-state index is 10.9. The quantitative estimate of drug-likeness (QED) is 0.642. The summed E-state index contributed by atoms with van der Waals surface area (Å²) in [5, 5.41) is -0.398. The van der Waals surface area contributed by atoms with Crippen molar-refractivity contribution in [1.82, 2.24) is 0 Å². The van der Waals surface area contributed by atoms with Crippen molar-refractivity contribution in [2.45, 2.75) is 6.42 Å². The van der Waals surface area contributed by atoms with Gasteiger partial charge in [-0.25, -0.2) is 0 Å². The van der Waals surface area contributed by atoms with Gasteiger partial charge in [0.25, 0.3) is 5.24 Å². The van der Waals surface area contributed by atoms with Crippen LogP contribution < -0.4 is 0 Å². The topological polar surface area (TPSA) is 17.1 Å². The molecule has 70 valence electrons. The molecule has 1 aromatic carbocycles. The SMILES string of the molecule is O=C(Cl)c1ccc2c(c1)CC=CC=C2. The fraction of sp³-hybridized carbons (Fsp3) is 0.0833. The van der Waals surface area contributed by atoms with E-state index in [4.69, 9.17) is 11.6 Å². The van der Waals surface area contributed by atoms with E-state index in [1.165, 1.54) is 0 Å². The van der Waals surface area contributed by atoms with E-state index in [1.54, 1.807) is 6.07 Å². The molecule has 0 heterocycles. The maximum Gasteiger partial charge on any atom is 0.252 e. The summed E-state index contributed by atoms with van der Waals surface area (Å²) in [6.45, 7) is 0. The van der Waals surface area contributed by atoms with E-state index in [9.17, 15) is 4.79 Å². The van der Waals surface area contributed by atoms with Crippen LogP contribution >= 0.6 is 11.6 Å². The molecule has 1 aliphatic rings. The second-order valence-corrected chi connectivity index (χ2v) is 3.52. The third-order valence-electron chi connectivity index (χ3n) is 2.23. The van der Waals surface area contributed by atoms with Gasteiger partial charge >= 0.3 is 0 Å². The summed E-state index contributed by atoms with van der Waals surface area (Å²) in [6.07, 6.45) is 8.93. The Morgan fingerprint density at radius 2 is 2.14 bits per heavy atom. The van der Waals surface area contributed by atoms with Crippen molar-refractivity contribution in [3.8, 4) is 0 Å². The van der Waals surface area contributed by atoms with Crippen molar-refractivity contribution in [2.75, 3.05) is 0 Å². The van der Waals surface area contributed by atoms with E-state index in [0.717, 1.165) is 17.5 Å². The number of fused-ring (bicyclic) bond motifs is 1. The molecule has 0 saturated carbocycles. The van der Waals surface area contributed by atoms with Gasteiger partial charge in [0.15, 0.2) is 0 Å². The summed E-state index contributed by atoms with van der Waals surface area (Å²) < 4.78 is 0. The number of carbonyl (C=O) groups is 1. The molecule has 2 heteroatoms. The lowest BCUT2D eigenvalue weighted by Crippen LogP contribution is -1.93. The van der Waals surface area contributed by atoms with Crippen LogP contribution in [-0.4, -0.2) is 5.24 Å². The van der Waals surface area contributed by atoms with Gasteiger partial charge in [0.2, 0.25) is 0 Å². The highest BCUT2D eigenvalue weighted by Crippen LogP contribution is 2.18. The Morgan fingerprint density at radius 3 is 2.93 bits per heavy atom. The van der Waals surface area contributed by atoms with Gasteiger partial charge in [0.1, 0.15) is 0 Å². The fourth-order valence-electron chi connectivity index (χ4n) is 1.50. The molecule has 1 aliphatic carbocycles. The zero-order chi connectivity index (χ0) is 9.97. The molecule has 0 aliphatic heterocycles. The molecule has 0 atom stereocenters. The highest BCUT2D eigenvalue weighted by molar-refractivity contribution is 6.67. The van der Waals surface area contributed by atoms with E-state index >= 15 is 0 Å². The molecule has 0 aromatic heterocycles. The summed E-state index contributed by atoms with van der Waals surface area (Å²) in [4.78, 5) is 10.9. The van der Waals surface area contributed by atoms with E-state index < -0.39 is 5.24 Å². The molecule has 0 unspecified atom stereocenters. The molecule has 0 saturated heterocycles. The minimum atomic E-state index is -0.398. The van der Waals surface area contributed by atoms with Crippen LogP contribution in [0.3, 0.4) is 0 Å². The zero-order valence-electron chi connectivity index (χ0n) is 7.53. The molecule has 0 radical (unpaired) electrons. The number of hydrogen-bond acceptors (Lipinski definition) is 1. The molecule has 0 spiro atoms. The van der Waals surface area contributed by atoms with Crippen molar-refractivity contribution in [1.29, 1.82) is 0 Å². The maximum absolute atomic E-state index is 10.9. The Morgan fingerprint density at radius 1 is 1.29 bits per heavy atom. The van der Waals surface area contributed by atoms with E-state index in [1.807, 2.05) is 30.4 Å². The van der Waals surface area contributed by atoms with Crippen molar-refractivity contribution in [2.24, 2.45) is 0 Å². The Labute approximate surface area is 87.7 Å². The Bertz CT molecular complexity index is 430. The van der Waals surface area contributed by atoms with E-state index in [-0.39, 0.29) is 0 Å². The second kappa shape index (κ2) is 3.81. The molecule has 2 rings (SSSR count). The van der Waals surface area contributed by atoms with Gasteiger partial charge in [0, 0.05) is 5.56 Å². The zero-order valence-corrected chi connectivity index (χ0v) is 8.29. The highest BCUT2D eigenvalue weighted by atomic mass is 35.5. The minimum absolute atomic E-state index is 0.398. The van der Waals surface area contributed by atoms with Crippen LogP contribution in [0.15, 0.2) is 36.4 Å². The average molecular weight is 205 g/mol. The van der Waals surface area contributed by atoms with Gasteiger partial charge in [0.05, 0.1) is 0 Å². The molecule has 0 bridgehead atoms. The molecule has 1 aromatic rings. The summed E-state index contributed by atoms with van der Waals surface area (Å²) >= 11 is 5.41. The van der Waals surface area contributed by atoms with Crippen LogP contribution in [0, 0.1) is 0 Å². The van der Waals surface area contributed by atoms with Gasteiger partial charge < -0.3 is 0 Å².